The van der Waals surface area contributed by atoms with Gasteiger partial charge >= 0.3 is 0 Å². The van der Waals surface area contributed by atoms with Gasteiger partial charge in [0.2, 0.25) is 0 Å². The first-order valence-electron chi connectivity index (χ1n) is 9.25. The molecule has 0 aliphatic rings. The van der Waals surface area contributed by atoms with E-state index < -0.39 is 0 Å². The van der Waals surface area contributed by atoms with Gasteiger partial charge in [-0.05, 0) is 56.2 Å². The van der Waals surface area contributed by atoms with Gasteiger partial charge in [0.1, 0.15) is 5.82 Å². The van der Waals surface area contributed by atoms with Gasteiger partial charge in [0, 0.05) is 38.3 Å². The second kappa shape index (κ2) is 11.1. The summed E-state index contributed by atoms with van der Waals surface area (Å²) in [6, 6.07) is 13.9. The number of carbonyl (C=O) groups is 1. The van der Waals surface area contributed by atoms with Crippen LogP contribution in [-0.2, 0) is 13.1 Å². The lowest BCUT2D eigenvalue weighted by molar-refractivity contribution is 0.0919. The van der Waals surface area contributed by atoms with Gasteiger partial charge in [-0.2, -0.15) is 0 Å². The van der Waals surface area contributed by atoms with Crippen molar-refractivity contribution < 1.29 is 9.18 Å². The molecule has 2 N–H and O–H groups in total. The highest BCUT2D eigenvalue weighted by Gasteiger charge is 2.15. The molecule has 0 aliphatic carbocycles. The van der Waals surface area contributed by atoms with E-state index in [9.17, 15) is 9.18 Å². The van der Waals surface area contributed by atoms with Crippen molar-refractivity contribution in [1.82, 2.24) is 15.5 Å². The predicted octanol–water partition coefficient (Wildman–Crippen LogP) is 4.18. The second-order valence-corrected chi connectivity index (χ2v) is 7.79. The van der Waals surface area contributed by atoms with Crippen molar-refractivity contribution in [2.45, 2.75) is 39.4 Å². The van der Waals surface area contributed by atoms with Crippen LogP contribution in [0.1, 0.15) is 42.3 Å². The number of hydrogen-bond donors (Lipinski definition) is 2. The van der Waals surface area contributed by atoms with E-state index in [4.69, 9.17) is 0 Å². The molecule has 0 heterocycles. The topological polar surface area (TPSA) is 56.7 Å². The van der Waals surface area contributed by atoms with Crippen molar-refractivity contribution in [2.24, 2.45) is 4.99 Å². The maximum atomic E-state index is 13.1. The van der Waals surface area contributed by atoms with Crippen molar-refractivity contribution in [1.29, 1.82) is 0 Å². The first kappa shape index (κ1) is 24.9. The first-order valence-corrected chi connectivity index (χ1v) is 9.25. The first-order chi connectivity index (χ1) is 13.2. The van der Waals surface area contributed by atoms with E-state index >= 15 is 0 Å². The zero-order valence-corrected chi connectivity index (χ0v) is 20.0. The Kier molecular flexibility index (Phi) is 9.55. The highest BCUT2D eigenvalue weighted by atomic mass is 127. The van der Waals surface area contributed by atoms with Crippen molar-refractivity contribution in [3.05, 3.63) is 71.0 Å². The Morgan fingerprint density at radius 2 is 1.76 bits per heavy atom. The van der Waals surface area contributed by atoms with E-state index in [0.717, 1.165) is 11.1 Å². The highest BCUT2D eigenvalue weighted by molar-refractivity contribution is 14.0. The van der Waals surface area contributed by atoms with Gasteiger partial charge in [-0.3, -0.25) is 9.79 Å². The smallest absolute Gasteiger partial charge is 0.251 e. The molecule has 0 bridgehead atoms. The Hall–Kier alpha value is -2.16. The minimum Gasteiger partial charge on any atom is -0.352 e. The zero-order valence-electron chi connectivity index (χ0n) is 17.6. The lowest BCUT2D eigenvalue weighted by Gasteiger charge is -2.22. The molecule has 29 heavy (non-hydrogen) atoms. The largest absolute Gasteiger partial charge is 0.352 e. The predicted molar refractivity (Wildman–Crippen MR) is 127 cm³/mol. The van der Waals surface area contributed by atoms with Crippen LogP contribution in [0.2, 0.25) is 0 Å². The van der Waals surface area contributed by atoms with Crippen molar-refractivity contribution in [3.8, 4) is 0 Å². The molecule has 1 amide bonds. The zero-order chi connectivity index (χ0) is 20.7. The maximum absolute atomic E-state index is 13.1. The number of rotatable bonds is 5. The van der Waals surface area contributed by atoms with Crippen molar-refractivity contribution in [3.63, 3.8) is 0 Å². The molecule has 0 radical (unpaired) electrons. The number of halogens is 2. The molecule has 0 aliphatic heterocycles. The van der Waals surface area contributed by atoms with Crippen LogP contribution in [0, 0.1) is 5.82 Å². The minimum absolute atomic E-state index is 0. The van der Waals surface area contributed by atoms with Crippen LogP contribution in [0.25, 0.3) is 0 Å². The summed E-state index contributed by atoms with van der Waals surface area (Å²) in [6.45, 7) is 7.01. The van der Waals surface area contributed by atoms with Gasteiger partial charge in [-0.15, -0.1) is 24.0 Å². The van der Waals surface area contributed by atoms with Gasteiger partial charge in [0.25, 0.3) is 5.91 Å². The third kappa shape index (κ3) is 8.39. The van der Waals surface area contributed by atoms with E-state index in [1.807, 2.05) is 50.9 Å². The molecule has 0 aromatic heterocycles. The molecule has 158 valence electrons. The van der Waals surface area contributed by atoms with E-state index in [1.54, 1.807) is 25.2 Å². The van der Waals surface area contributed by atoms with Gasteiger partial charge in [0.15, 0.2) is 5.96 Å². The average Bonchev–Trinajstić information content (AvgIpc) is 2.63. The molecule has 0 fully saturated rings. The third-order valence-corrected chi connectivity index (χ3v) is 4.03. The fourth-order valence-electron chi connectivity index (χ4n) is 2.74. The fourth-order valence-corrected chi connectivity index (χ4v) is 2.74. The lowest BCUT2D eigenvalue weighted by atomic mass is 10.1. The van der Waals surface area contributed by atoms with E-state index in [0.29, 0.717) is 24.6 Å². The molecule has 2 rings (SSSR count). The SMILES string of the molecule is CN=C(NCc1cccc(C(=O)NC(C)(C)C)c1)N(C)Cc1ccc(F)cc1.I. The molecule has 2 aromatic rings. The van der Waals surface area contributed by atoms with Crippen LogP contribution in [0.5, 0.6) is 0 Å². The Balaban J connectivity index is 0.00000420. The van der Waals surface area contributed by atoms with Gasteiger partial charge in [-0.1, -0.05) is 24.3 Å². The third-order valence-electron chi connectivity index (χ3n) is 4.03. The lowest BCUT2D eigenvalue weighted by Crippen LogP contribution is -2.40. The summed E-state index contributed by atoms with van der Waals surface area (Å²) in [5.41, 5.74) is 2.32. The monoisotopic (exact) mass is 512 g/mol. The molecular formula is C22H30FIN4O. The number of aliphatic imine (C=N–C) groups is 1. The normalized spacial score (nSPS) is 11.4. The van der Waals surface area contributed by atoms with Crippen molar-refractivity contribution >= 4 is 35.8 Å². The summed E-state index contributed by atoms with van der Waals surface area (Å²) in [5, 5.41) is 6.27. The molecule has 5 nitrogen and oxygen atoms in total. The molecule has 0 saturated heterocycles. The Morgan fingerprint density at radius 3 is 2.34 bits per heavy atom. The minimum atomic E-state index is -0.281. The quantitative estimate of drug-likeness (QED) is 0.359. The molecule has 0 atom stereocenters. The number of hydrogen-bond acceptors (Lipinski definition) is 2. The number of nitrogens with zero attached hydrogens (tertiary/aromatic N) is 2. The molecule has 0 saturated carbocycles. The summed E-state index contributed by atoms with van der Waals surface area (Å²) in [4.78, 5) is 18.6. The number of carbonyl (C=O) groups excluding carboxylic acids is 1. The molecule has 2 aromatic carbocycles. The van der Waals surface area contributed by atoms with Gasteiger partial charge < -0.3 is 15.5 Å². The number of amides is 1. The van der Waals surface area contributed by atoms with Crippen LogP contribution in [-0.4, -0.2) is 36.4 Å². The highest BCUT2D eigenvalue weighted by Crippen LogP contribution is 2.09. The van der Waals surface area contributed by atoms with E-state index in [-0.39, 0.29) is 41.2 Å². The van der Waals surface area contributed by atoms with Crippen LogP contribution >= 0.6 is 24.0 Å². The van der Waals surface area contributed by atoms with Crippen LogP contribution in [0.4, 0.5) is 4.39 Å². The summed E-state index contributed by atoms with van der Waals surface area (Å²) < 4.78 is 13.1. The summed E-state index contributed by atoms with van der Waals surface area (Å²) in [6.07, 6.45) is 0. The van der Waals surface area contributed by atoms with Crippen LogP contribution in [0.3, 0.4) is 0 Å². The molecular weight excluding hydrogens is 482 g/mol. The number of nitrogens with one attached hydrogen (secondary N) is 2. The summed E-state index contributed by atoms with van der Waals surface area (Å²) in [7, 11) is 3.64. The summed E-state index contributed by atoms with van der Waals surface area (Å²) >= 11 is 0. The molecule has 0 spiro atoms. The average molecular weight is 512 g/mol. The van der Waals surface area contributed by atoms with Crippen molar-refractivity contribution in [2.75, 3.05) is 14.1 Å². The number of guanidine groups is 1. The van der Waals surface area contributed by atoms with Gasteiger partial charge in [-0.25, -0.2) is 4.39 Å². The van der Waals surface area contributed by atoms with Crippen LogP contribution in [0.15, 0.2) is 53.5 Å². The Morgan fingerprint density at radius 1 is 1.10 bits per heavy atom. The van der Waals surface area contributed by atoms with Crippen LogP contribution < -0.4 is 10.6 Å². The fraction of sp³-hybridized carbons (Fsp3) is 0.364. The maximum Gasteiger partial charge on any atom is 0.251 e. The summed E-state index contributed by atoms with van der Waals surface area (Å²) in [5.74, 6) is 0.380. The Labute approximate surface area is 189 Å². The Bertz CT molecular complexity index is 831. The molecule has 0 unspecified atom stereocenters. The second-order valence-electron chi connectivity index (χ2n) is 7.79. The number of benzene rings is 2. The molecule has 7 heteroatoms. The standard InChI is InChI=1S/C22H29FN4O.HI/c1-22(2,3)26-20(28)18-8-6-7-17(13-18)14-25-21(24-4)27(5)15-16-9-11-19(23)12-10-16;/h6-13H,14-15H2,1-5H3,(H,24,25)(H,26,28);1H. The van der Waals surface area contributed by atoms with E-state index in [1.165, 1.54) is 12.1 Å². The van der Waals surface area contributed by atoms with E-state index in [2.05, 4.69) is 15.6 Å². The van der Waals surface area contributed by atoms with Gasteiger partial charge in [0.05, 0.1) is 0 Å².